The van der Waals surface area contributed by atoms with Crippen molar-refractivity contribution in [3.05, 3.63) is 91.0 Å². The second-order valence-electron chi connectivity index (χ2n) is 8.35. The molecule has 6 heteroatoms. The molecule has 33 heavy (non-hydrogen) atoms. The maximum atomic E-state index is 13.4. The predicted octanol–water partition coefficient (Wildman–Crippen LogP) is 5.47. The average Bonchev–Trinajstić information content (AvgIpc) is 3.36. The molecule has 1 heterocycles. The van der Waals surface area contributed by atoms with Gasteiger partial charge in [-0.2, -0.15) is 0 Å². The van der Waals surface area contributed by atoms with Crippen molar-refractivity contribution in [2.24, 2.45) is 0 Å². The summed E-state index contributed by atoms with van der Waals surface area (Å²) in [5.41, 5.74) is 3.34. The van der Waals surface area contributed by atoms with Gasteiger partial charge in [-0.15, -0.1) is 0 Å². The molecule has 5 nitrogen and oxygen atoms in total. The van der Waals surface area contributed by atoms with E-state index in [-0.39, 0.29) is 4.90 Å². The van der Waals surface area contributed by atoms with Gasteiger partial charge < -0.3 is 10.6 Å². The SMILES string of the molecule is O=S(=O)(Nc1ccccc1-c1ccccc1NC[C@@H]1CCCN1)c1cccc2ccccc12. The van der Waals surface area contributed by atoms with Gasteiger partial charge in [-0.3, -0.25) is 4.72 Å². The normalized spacial score (nSPS) is 16.1. The Kier molecular flexibility index (Phi) is 6.03. The summed E-state index contributed by atoms with van der Waals surface area (Å²) >= 11 is 0. The lowest BCUT2D eigenvalue weighted by atomic mass is 10.0. The maximum Gasteiger partial charge on any atom is 0.262 e. The van der Waals surface area contributed by atoms with Gasteiger partial charge in [0, 0.05) is 34.8 Å². The third-order valence-corrected chi connectivity index (χ3v) is 7.55. The summed E-state index contributed by atoms with van der Waals surface area (Å²) in [4.78, 5) is 0.272. The summed E-state index contributed by atoms with van der Waals surface area (Å²) in [6.07, 6.45) is 2.36. The Labute approximate surface area is 194 Å². The molecule has 0 saturated carbocycles. The first kappa shape index (κ1) is 21.5. The minimum atomic E-state index is -3.79. The van der Waals surface area contributed by atoms with Crippen LogP contribution in [-0.4, -0.2) is 27.5 Å². The highest BCUT2D eigenvalue weighted by molar-refractivity contribution is 7.93. The van der Waals surface area contributed by atoms with Crippen LogP contribution >= 0.6 is 0 Å². The van der Waals surface area contributed by atoms with Crippen molar-refractivity contribution in [1.82, 2.24) is 5.32 Å². The van der Waals surface area contributed by atoms with Gasteiger partial charge in [0.25, 0.3) is 10.0 Å². The average molecular weight is 458 g/mol. The van der Waals surface area contributed by atoms with E-state index >= 15 is 0 Å². The standard InChI is InChI=1S/C27H27N3O2S/c31-33(32,27-17-7-10-20-9-1-2-12-22(20)27)30-26-16-6-4-14-24(26)23-13-3-5-15-25(23)29-19-21-11-8-18-28-21/h1-7,9-10,12-17,21,28-30H,8,11,18-19H2/t21-/m0/s1. The van der Waals surface area contributed by atoms with Crippen LogP contribution in [0.25, 0.3) is 21.9 Å². The number of sulfonamides is 1. The monoisotopic (exact) mass is 457 g/mol. The van der Waals surface area contributed by atoms with Crippen LogP contribution in [0, 0.1) is 0 Å². The highest BCUT2D eigenvalue weighted by atomic mass is 32.2. The zero-order chi connectivity index (χ0) is 22.7. The summed E-state index contributed by atoms with van der Waals surface area (Å²) < 4.78 is 29.7. The van der Waals surface area contributed by atoms with Crippen LogP contribution in [0.1, 0.15) is 12.8 Å². The molecule has 0 aliphatic carbocycles. The van der Waals surface area contributed by atoms with E-state index in [0.29, 0.717) is 17.1 Å². The fourth-order valence-electron chi connectivity index (χ4n) is 4.47. The molecule has 0 unspecified atom stereocenters. The minimum Gasteiger partial charge on any atom is -0.383 e. The third kappa shape index (κ3) is 4.58. The highest BCUT2D eigenvalue weighted by Gasteiger charge is 2.20. The van der Waals surface area contributed by atoms with Crippen molar-refractivity contribution < 1.29 is 8.42 Å². The Morgan fingerprint density at radius 1 is 0.788 bits per heavy atom. The van der Waals surface area contributed by atoms with Gasteiger partial charge >= 0.3 is 0 Å². The second kappa shape index (κ2) is 9.25. The fourth-order valence-corrected chi connectivity index (χ4v) is 5.78. The number of fused-ring (bicyclic) bond motifs is 1. The number of benzene rings is 4. The quantitative estimate of drug-likeness (QED) is 0.344. The summed E-state index contributed by atoms with van der Waals surface area (Å²) in [5, 5.41) is 8.66. The van der Waals surface area contributed by atoms with Crippen LogP contribution in [0.5, 0.6) is 0 Å². The lowest BCUT2D eigenvalue weighted by Crippen LogP contribution is -2.29. The van der Waals surface area contributed by atoms with Crippen molar-refractivity contribution in [3.8, 4) is 11.1 Å². The van der Waals surface area contributed by atoms with E-state index < -0.39 is 10.0 Å². The third-order valence-electron chi connectivity index (χ3n) is 6.13. The van der Waals surface area contributed by atoms with Gasteiger partial charge in [-0.1, -0.05) is 72.8 Å². The number of nitrogens with one attached hydrogen (secondary N) is 3. The lowest BCUT2D eigenvalue weighted by Gasteiger charge is -2.18. The largest absolute Gasteiger partial charge is 0.383 e. The van der Waals surface area contributed by atoms with Gasteiger partial charge in [-0.25, -0.2) is 8.42 Å². The van der Waals surface area contributed by atoms with Gasteiger partial charge in [0.05, 0.1) is 10.6 Å². The smallest absolute Gasteiger partial charge is 0.262 e. The molecule has 0 bridgehead atoms. The van der Waals surface area contributed by atoms with Gasteiger partial charge in [0.15, 0.2) is 0 Å². The molecular weight excluding hydrogens is 430 g/mol. The zero-order valence-corrected chi connectivity index (χ0v) is 19.1. The van der Waals surface area contributed by atoms with E-state index in [1.165, 1.54) is 6.42 Å². The molecule has 0 radical (unpaired) electrons. The molecule has 1 saturated heterocycles. The van der Waals surface area contributed by atoms with Crippen LogP contribution < -0.4 is 15.4 Å². The zero-order valence-electron chi connectivity index (χ0n) is 18.3. The molecular formula is C27H27N3O2S. The fraction of sp³-hybridized carbons (Fsp3) is 0.185. The van der Waals surface area contributed by atoms with Crippen LogP contribution in [-0.2, 0) is 10.0 Å². The Balaban J connectivity index is 1.49. The number of rotatable bonds is 7. The van der Waals surface area contributed by atoms with E-state index in [4.69, 9.17) is 0 Å². The minimum absolute atomic E-state index is 0.272. The summed E-state index contributed by atoms with van der Waals surface area (Å²) in [6.45, 7) is 1.90. The Bertz CT molecular complexity index is 1370. The van der Waals surface area contributed by atoms with Crippen LogP contribution in [0.15, 0.2) is 95.9 Å². The number of anilines is 2. The number of hydrogen-bond acceptors (Lipinski definition) is 4. The van der Waals surface area contributed by atoms with Crippen molar-refractivity contribution in [2.75, 3.05) is 23.1 Å². The molecule has 0 amide bonds. The highest BCUT2D eigenvalue weighted by Crippen LogP contribution is 2.35. The second-order valence-corrected chi connectivity index (χ2v) is 10.00. The van der Waals surface area contributed by atoms with Crippen LogP contribution in [0.3, 0.4) is 0 Å². The van der Waals surface area contributed by atoms with E-state index in [1.807, 2.05) is 78.9 Å². The molecule has 1 aliphatic rings. The molecule has 4 aromatic carbocycles. The molecule has 168 valence electrons. The molecule has 0 aromatic heterocycles. The first-order chi connectivity index (χ1) is 16.1. The van der Waals surface area contributed by atoms with E-state index in [2.05, 4.69) is 15.4 Å². The van der Waals surface area contributed by atoms with Crippen molar-refractivity contribution in [2.45, 2.75) is 23.8 Å². The molecule has 1 atom stereocenters. The van der Waals surface area contributed by atoms with Gasteiger partial charge in [0.1, 0.15) is 0 Å². The van der Waals surface area contributed by atoms with E-state index in [0.717, 1.165) is 41.7 Å². The molecule has 0 spiro atoms. The number of para-hydroxylation sites is 2. The first-order valence-electron chi connectivity index (χ1n) is 11.3. The van der Waals surface area contributed by atoms with Gasteiger partial charge in [0.2, 0.25) is 0 Å². The Morgan fingerprint density at radius 3 is 2.24 bits per heavy atom. The summed E-state index contributed by atoms with van der Waals surface area (Å²) in [6, 6.07) is 28.9. The van der Waals surface area contributed by atoms with Crippen molar-refractivity contribution in [3.63, 3.8) is 0 Å². The topological polar surface area (TPSA) is 70.2 Å². The Hall–Kier alpha value is -3.35. The van der Waals surface area contributed by atoms with Crippen molar-refractivity contribution >= 4 is 32.2 Å². The first-order valence-corrected chi connectivity index (χ1v) is 12.8. The molecule has 3 N–H and O–H groups in total. The summed E-state index contributed by atoms with van der Waals surface area (Å²) in [7, 11) is -3.79. The molecule has 1 aliphatic heterocycles. The summed E-state index contributed by atoms with van der Waals surface area (Å²) in [5.74, 6) is 0. The van der Waals surface area contributed by atoms with Crippen molar-refractivity contribution in [1.29, 1.82) is 0 Å². The lowest BCUT2D eigenvalue weighted by molar-refractivity contribution is 0.602. The van der Waals surface area contributed by atoms with E-state index in [9.17, 15) is 8.42 Å². The maximum absolute atomic E-state index is 13.4. The molecule has 5 rings (SSSR count). The Morgan fingerprint density at radius 2 is 1.45 bits per heavy atom. The molecule has 4 aromatic rings. The van der Waals surface area contributed by atoms with Crippen LogP contribution in [0.4, 0.5) is 11.4 Å². The van der Waals surface area contributed by atoms with Crippen LogP contribution in [0.2, 0.25) is 0 Å². The van der Waals surface area contributed by atoms with Gasteiger partial charge in [-0.05, 0) is 43.0 Å². The number of hydrogen-bond donors (Lipinski definition) is 3. The predicted molar refractivity (Wildman–Crippen MR) is 136 cm³/mol. The van der Waals surface area contributed by atoms with E-state index in [1.54, 1.807) is 12.1 Å². The molecule has 1 fully saturated rings.